The van der Waals surface area contributed by atoms with Gasteiger partial charge in [-0.25, -0.2) is 0 Å². The van der Waals surface area contributed by atoms with Crippen LogP contribution in [0.25, 0.3) is 22.3 Å². The maximum Gasteiger partial charge on any atom is 0.0136 e. The predicted octanol–water partition coefficient (Wildman–Crippen LogP) is 11.0. The number of benzene rings is 6. The Morgan fingerprint density at radius 3 is 1.02 bits per heavy atom. The fourth-order valence-corrected chi connectivity index (χ4v) is 8.21. The first-order chi connectivity index (χ1) is 21.9. The molecule has 0 saturated heterocycles. The molecule has 0 aliphatic heterocycles. The quantitative estimate of drug-likeness (QED) is 0.198. The lowest BCUT2D eigenvalue weighted by Crippen LogP contribution is -2.18. The Hall–Kier alpha value is -5.20. The van der Waals surface area contributed by atoms with Crippen LogP contribution in [0.5, 0.6) is 0 Å². The summed E-state index contributed by atoms with van der Waals surface area (Å²) in [6.07, 6.45) is 1.95. The zero-order valence-electron chi connectivity index (χ0n) is 24.6. The Labute approximate surface area is 259 Å². The molecule has 9 rings (SSSR count). The molecule has 0 spiro atoms. The summed E-state index contributed by atoms with van der Waals surface area (Å²) in [7, 11) is 0. The van der Waals surface area contributed by atoms with Crippen molar-refractivity contribution in [2.24, 2.45) is 0 Å². The van der Waals surface area contributed by atoms with Crippen molar-refractivity contribution in [1.82, 2.24) is 0 Å². The molecule has 0 nitrogen and oxygen atoms in total. The lowest BCUT2D eigenvalue weighted by atomic mass is 9.66. The zero-order chi connectivity index (χ0) is 29.0. The fourth-order valence-electron chi connectivity index (χ4n) is 8.21. The molecule has 208 valence electrons. The van der Waals surface area contributed by atoms with E-state index in [-0.39, 0.29) is 0 Å². The molecule has 2 atom stereocenters. The van der Waals surface area contributed by atoms with E-state index in [1.165, 1.54) is 77.9 Å². The monoisotopic (exact) mass is 560 g/mol. The van der Waals surface area contributed by atoms with Gasteiger partial charge >= 0.3 is 0 Å². The normalized spacial score (nSPS) is 18.1. The average Bonchev–Trinajstić information content (AvgIpc) is 3.10. The van der Waals surface area contributed by atoms with Crippen molar-refractivity contribution >= 4 is 22.3 Å². The van der Waals surface area contributed by atoms with Gasteiger partial charge in [-0.1, -0.05) is 158 Å². The lowest BCUT2D eigenvalue weighted by Gasteiger charge is -2.37. The summed E-state index contributed by atoms with van der Waals surface area (Å²) in [5.74, 6) is 0.617. The minimum atomic E-state index is 0.309. The topological polar surface area (TPSA) is 0 Å². The van der Waals surface area contributed by atoms with Gasteiger partial charge in [0.05, 0.1) is 0 Å². The summed E-state index contributed by atoms with van der Waals surface area (Å²) >= 11 is 0. The lowest BCUT2D eigenvalue weighted by molar-refractivity contribution is 0.820. The standard InChI is InChI=1S/C44H32/c1-3-15-29(16-4-1)39-27-41-31-19-7-8-20-32(31)42-28-40(30-17-5-2-6-18-30)34-22-10-12-24-36(34)44(42)38-26-14-13-25-37(38)43(41)35-23-11-9-21-33(35)39/h1-26,39-40H,27-28H2. The largest absolute Gasteiger partial charge is 0.0622 e. The van der Waals surface area contributed by atoms with Crippen molar-refractivity contribution in [3.8, 4) is 0 Å². The molecule has 0 bridgehead atoms. The second-order valence-electron chi connectivity index (χ2n) is 12.3. The molecule has 0 saturated carbocycles. The minimum Gasteiger partial charge on any atom is -0.0622 e. The van der Waals surface area contributed by atoms with Crippen LogP contribution in [-0.2, 0) is 0 Å². The highest BCUT2D eigenvalue weighted by Crippen LogP contribution is 2.56. The molecule has 0 fully saturated rings. The molecule has 0 radical (unpaired) electrons. The van der Waals surface area contributed by atoms with Gasteiger partial charge in [0.1, 0.15) is 0 Å². The molecule has 3 aliphatic carbocycles. The van der Waals surface area contributed by atoms with Crippen molar-refractivity contribution < 1.29 is 0 Å². The van der Waals surface area contributed by atoms with E-state index >= 15 is 0 Å². The van der Waals surface area contributed by atoms with Crippen molar-refractivity contribution in [3.05, 3.63) is 213 Å². The molecule has 0 heteroatoms. The van der Waals surface area contributed by atoms with Crippen molar-refractivity contribution in [1.29, 1.82) is 0 Å². The van der Waals surface area contributed by atoms with Gasteiger partial charge in [-0.3, -0.25) is 0 Å². The first-order valence-electron chi connectivity index (χ1n) is 15.8. The third-order valence-corrected chi connectivity index (χ3v) is 10.1. The van der Waals surface area contributed by atoms with E-state index in [2.05, 4.69) is 158 Å². The minimum absolute atomic E-state index is 0.309. The molecule has 0 heterocycles. The van der Waals surface area contributed by atoms with E-state index in [4.69, 9.17) is 0 Å². The first kappa shape index (κ1) is 25.3. The Bertz CT molecular complexity index is 1960. The highest BCUT2D eigenvalue weighted by atomic mass is 14.4. The van der Waals surface area contributed by atoms with Crippen molar-refractivity contribution in [3.63, 3.8) is 0 Å². The maximum absolute atomic E-state index is 2.39. The molecular weight excluding hydrogens is 528 g/mol. The van der Waals surface area contributed by atoms with Gasteiger partial charge < -0.3 is 0 Å². The third-order valence-electron chi connectivity index (χ3n) is 10.1. The SMILES string of the molecule is c1ccc(C2CC3=C(c4ccccc4C4=C(CC(c5ccccc5)c5ccccc54)c4ccccc43)c3ccccc32)cc1. The number of fused-ring (bicyclic) bond motifs is 10. The van der Waals surface area contributed by atoms with Crippen LogP contribution in [0.2, 0.25) is 0 Å². The zero-order valence-corrected chi connectivity index (χ0v) is 24.6. The molecule has 6 aromatic rings. The van der Waals surface area contributed by atoms with Crippen LogP contribution in [0.4, 0.5) is 0 Å². The van der Waals surface area contributed by atoms with Gasteiger partial charge in [0.15, 0.2) is 0 Å². The molecule has 0 amide bonds. The van der Waals surface area contributed by atoms with Gasteiger partial charge in [-0.2, -0.15) is 0 Å². The van der Waals surface area contributed by atoms with Gasteiger partial charge in [-0.15, -0.1) is 0 Å². The summed E-state index contributed by atoms with van der Waals surface area (Å²) in [5, 5.41) is 0. The van der Waals surface area contributed by atoms with E-state index in [0.717, 1.165) is 12.8 Å². The highest BCUT2D eigenvalue weighted by Gasteiger charge is 2.36. The number of rotatable bonds is 2. The highest BCUT2D eigenvalue weighted by molar-refractivity contribution is 6.13. The molecule has 0 N–H and O–H groups in total. The molecule has 44 heavy (non-hydrogen) atoms. The first-order valence-corrected chi connectivity index (χ1v) is 15.8. The third kappa shape index (κ3) is 3.84. The van der Waals surface area contributed by atoms with Gasteiger partial charge in [0.2, 0.25) is 0 Å². The van der Waals surface area contributed by atoms with E-state index in [0.29, 0.717) is 11.8 Å². The Balaban J connectivity index is 1.37. The molecule has 6 aromatic carbocycles. The summed E-state index contributed by atoms with van der Waals surface area (Å²) in [4.78, 5) is 0. The molecule has 0 aromatic heterocycles. The van der Waals surface area contributed by atoms with Gasteiger partial charge in [0.25, 0.3) is 0 Å². The summed E-state index contributed by atoms with van der Waals surface area (Å²) in [5.41, 5.74) is 19.5. The average molecular weight is 561 g/mol. The smallest absolute Gasteiger partial charge is 0.0136 e. The Morgan fingerprint density at radius 1 is 0.295 bits per heavy atom. The summed E-state index contributed by atoms with van der Waals surface area (Å²) in [6.45, 7) is 0. The second-order valence-corrected chi connectivity index (χ2v) is 12.3. The predicted molar refractivity (Wildman–Crippen MR) is 183 cm³/mol. The summed E-state index contributed by atoms with van der Waals surface area (Å²) in [6, 6.07) is 58.9. The van der Waals surface area contributed by atoms with Gasteiger partial charge in [0, 0.05) is 11.8 Å². The van der Waals surface area contributed by atoms with E-state index in [1.807, 2.05) is 0 Å². The maximum atomic E-state index is 2.39. The van der Waals surface area contributed by atoms with E-state index in [9.17, 15) is 0 Å². The van der Waals surface area contributed by atoms with Crippen LogP contribution in [0.3, 0.4) is 0 Å². The van der Waals surface area contributed by atoms with Crippen LogP contribution in [-0.4, -0.2) is 0 Å². The number of allylic oxidation sites excluding steroid dienone is 2. The van der Waals surface area contributed by atoms with E-state index < -0.39 is 0 Å². The Kier molecular flexibility index (Phi) is 5.87. The molecular formula is C44H32. The Morgan fingerprint density at radius 2 is 0.614 bits per heavy atom. The fraction of sp³-hybridized carbons (Fsp3) is 0.0909. The van der Waals surface area contributed by atoms with Crippen LogP contribution >= 0.6 is 0 Å². The van der Waals surface area contributed by atoms with Crippen LogP contribution in [0, 0.1) is 0 Å². The molecule has 3 aliphatic rings. The van der Waals surface area contributed by atoms with Gasteiger partial charge in [-0.05, 0) is 90.8 Å². The number of hydrogen-bond acceptors (Lipinski definition) is 0. The summed E-state index contributed by atoms with van der Waals surface area (Å²) < 4.78 is 0. The molecule has 2 unspecified atom stereocenters. The van der Waals surface area contributed by atoms with Crippen LogP contribution in [0.1, 0.15) is 80.3 Å². The van der Waals surface area contributed by atoms with Crippen molar-refractivity contribution in [2.45, 2.75) is 24.7 Å². The van der Waals surface area contributed by atoms with Crippen molar-refractivity contribution in [2.75, 3.05) is 0 Å². The van der Waals surface area contributed by atoms with Crippen LogP contribution in [0.15, 0.2) is 158 Å². The van der Waals surface area contributed by atoms with Crippen LogP contribution < -0.4 is 0 Å². The van der Waals surface area contributed by atoms with E-state index in [1.54, 1.807) is 0 Å². The number of hydrogen-bond donors (Lipinski definition) is 0. The second kappa shape index (κ2) is 10.2.